The summed E-state index contributed by atoms with van der Waals surface area (Å²) in [6.07, 6.45) is 3.86. The molecule has 1 N–H and O–H groups in total. The molecule has 1 aromatic carbocycles. The third-order valence-corrected chi connectivity index (χ3v) is 4.32. The van der Waals surface area contributed by atoms with Crippen LogP contribution in [0.4, 0.5) is 0 Å². The van der Waals surface area contributed by atoms with Crippen LogP contribution in [0, 0.1) is 0 Å². The SMILES string of the molecule is CN(C)CCCCONC(=O)C1=Cc2ccccc2SN1C.Cl. The number of unbranched alkanes of at least 4 members (excludes halogenated alkanes) is 1. The van der Waals surface area contributed by atoms with E-state index in [0.717, 1.165) is 29.8 Å². The van der Waals surface area contributed by atoms with Crippen LogP contribution in [0.15, 0.2) is 34.9 Å². The molecule has 0 aliphatic carbocycles. The fraction of sp³-hybridized carbons (Fsp3) is 0.438. The van der Waals surface area contributed by atoms with Crippen molar-refractivity contribution in [1.82, 2.24) is 14.7 Å². The number of likely N-dealkylation sites (N-methyl/N-ethyl adjacent to an activating group) is 1. The van der Waals surface area contributed by atoms with Crippen LogP contribution in [-0.4, -0.2) is 49.4 Å². The minimum atomic E-state index is -0.211. The highest BCUT2D eigenvalue weighted by Gasteiger charge is 2.21. The number of nitrogens with one attached hydrogen (secondary N) is 1. The number of hydroxylamine groups is 1. The van der Waals surface area contributed by atoms with Gasteiger partial charge >= 0.3 is 0 Å². The van der Waals surface area contributed by atoms with Crippen molar-refractivity contribution >= 4 is 36.3 Å². The van der Waals surface area contributed by atoms with E-state index in [-0.39, 0.29) is 18.3 Å². The smallest absolute Gasteiger partial charge is 0.291 e. The predicted molar refractivity (Wildman–Crippen MR) is 97.2 cm³/mol. The molecular formula is C16H24ClN3O2S. The van der Waals surface area contributed by atoms with E-state index in [1.807, 2.05) is 55.8 Å². The second kappa shape index (κ2) is 9.82. The molecule has 0 spiro atoms. The number of halogens is 1. The topological polar surface area (TPSA) is 44.8 Å². The van der Waals surface area contributed by atoms with Gasteiger partial charge in [0.15, 0.2) is 0 Å². The van der Waals surface area contributed by atoms with Crippen LogP contribution in [0.3, 0.4) is 0 Å². The summed E-state index contributed by atoms with van der Waals surface area (Å²) in [6, 6.07) is 8.01. The van der Waals surface area contributed by atoms with Crippen LogP contribution < -0.4 is 5.48 Å². The van der Waals surface area contributed by atoms with Gasteiger partial charge in [-0.15, -0.1) is 12.4 Å². The number of carbonyl (C=O) groups excluding carboxylic acids is 1. The van der Waals surface area contributed by atoms with E-state index in [1.54, 1.807) is 11.9 Å². The van der Waals surface area contributed by atoms with E-state index in [2.05, 4.69) is 10.4 Å². The molecule has 128 valence electrons. The quantitative estimate of drug-likeness (QED) is 0.462. The van der Waals surface area contributed by atoms with Crippen LogP contribution >= 0.6 is 24.4 Å². The molecule has 0 radical (unpaired) electrons. The number of hydrogen-bond acceptors (Lipinski definition) is 5. The third kappa shape index (κ3) is 6.06. The molecule has 0 saturated carbocycles. The Morgan fingerprint density at radius 3 is 2.78 bits per heavy atom. The molecule has 23 heavy (non-hydrogen) atoms. The summed E-state index contributed by atoms with van der Waals surface area (Å²) in [7, 11) is 5.97. The Labute approximate surface area is 148 Å². The minimum Gasteiger partial charge on any atom is -0.310 e. The lowest BCUT2D eigenvalue weighted by Gasteiger charge is -2.25. The summed E-state index contributed by atoms with van der Waals surface area (Å²) in [4.78, 5) is 20.7. The molecule has 1 heterocycles. The largest absolute Gasteiger partial charge is 0.310 e. The van der Waals surface area contributed by atoms with Gasteiger partial charge in [-0.25, -0.2) is 5.48 Å². The summed E-state index contributed by atoms with van der Waals surface area (Å²) in [5.74, 6) is -0.211. The van der Waals surface area contributed by atoms with Crippen molar-refractivity contribution in [3.63, 3.8) is 0 Å². The summed E-state index contributed by atoms with van der Waals surface area (Å²) >= 11 is 1.54. The molecule has 0 aromatic heterocycles. The van der Waals surface area contributed by atoms with E-state index in [0.29, 0.717) is 12.3 Å². The Morgan fingerprint density at radius 2 is 2.04 bits per heavy atom. The summed E-state index contributed by atoms with van der Waals surface area (Å²) in [6.45, 7) is 1.55. The number of benzene rings is 1. The normalized spacial score (nSPS) is 13.2. The van der Waals surface area contributed by atoms with Crippen molar-refractivity contribution in [2.24, 2.45) is 0 Å². The highest BCUT2D eigenvalue weighted by Crippen LogP contribution is 2.34. The molecule has 1 aromatic rings. The van der Waals surface area contributed by atoms with Crippen LogP contribution in [0.2, 0.25) is 0 Å². The van der Waals surface area contributed by atoms with Crippen molar-refractivity contribution in [3.8, 4) is 0 Å². The molecule has 1 aliphatic heterocycles. The maximum Gasteiger partial charge on any atom is 0.291 e. The zero-order chi connectivity index (χ0) is 15.9. The highest BCUT2D eigenvalue weighted by atomic mass is 35.5. The van der Waals surface area contributed by atoms with Gasteiger partial charge in [-0.2, -0.15) is 0 Å². The zero-order valence-electron chi connectivity index (χ0n) is 13.7. The van der Waals surface area contributed by atoms with Crippen LogP contribution in [0.25, 0.3) is 6.08 Å². The van der Waals surface area contributed by atoms with Crippen molar-refractivity contribution in [3.05, 3.63) is 35.5 Å². The average molecular weight is 358 g/mol. The Hall–Kier alpha value is -1.21. The first-order chi connectivity index (χ1) is 10.6. The Balaban J connectivity index is 0.00000264. The van der Waals surface area contributed by atoms with Gasteiger partial charge in [0.2, 0.25) is 0 Å². The Morgan fingerprint density at radius 1 is 1.30 bits per heavy atom. The van der Waals surface area contributed by atoms with Gasteiger partial charge < -0.3 is 9.21 Å². The number of carbonyl (C=O) groups is 1. The van der Waals surface area contributed by atoms with Crippen molar-refractivity contribution in [2.45, 2.75) is 17.7 Å². The number of nitrogens with zero attached hydrogens (tertiary/aromatic N) is 2. The molecule has 0 atom stereocenters. The van der Waals surface area contributed by atoms with Gasteiger partial charge in [0.1, 0.15) is 5.70 Å². The Bertz CT molecular complexity index is 552. The van der Waals surface area contributed by atoms with Crippen molar-refractivity contribution < 1.29 is 9.63 Å². The molecule has 2 rings (SSSR count). The van der Waals surface area contributed by atoms with Gasteiger partial charge in [0.25, 0.3) is 5.91 Å². The van der Waals surface area contributed by atoms with Crippen LogP contribution in [0.1, 0.15) is 18.4 Å². The van der Waals surface area contributed by atoms with Crippen molar-refractivity contribution in [2.75, 3.05) is 34.3 Å². The van der Waals surface area contributed by atoms with Crippen molar-refractivity contribution in [1.29, 1.82) is 0 Å². The zero-order valence-corrected chi connectivity index (χ0v) is 15.4. The van der Waals surface area contributed by atoms with Gasteiger partial charge in [-0.1, -0.05) is 18.2 Å². The molecule has 1 amide bonds. The predicted octanol–water partition coefficient (Wildman–Crippen LogP) is 2.79. The summed E-state index contributed by atoms with van der Waals surface area (Å²) in [5, 5.41) is 0. The number of amides is 1. The third-order valence-electron chi connectivity index (χ3n) is 3.28. The lowest BCUT2D eigenvalue weighted by molar-refractivity contribution is -0.130. The van der Waals surface area contributed by atoms with Gasteiger partial charge in [-0.3, -0.25) is 9.63 Å². The monoisotopic (exact) mass is 357 g/mol. The first-order valence-corrected chi connectivity index (χ1v) is 8.14. The lowest BCUT2D eigenvalue weighted by atomic mass is 10.2. The maximum atomic E-state index is 12.2. The van der Waals surface area contributed by atoms with Crippen LogP contribution in [-0.2, 0) is 9.63 Å². The maximum absolute atomic E-state index is 12.2. The first kappa shape index (κ1) is 19.8. The molecular weight excluding hydrogens is 334 g/mol. The molecule has 0 unspecified atom stereocenters. The number of fused-ring (bicyclic) bond motifs is 1. The molecule has 5 nitrogen and oxygen atoms in total. The van der Waals surface area contributed by atoms with Gasteiger partial charge in [0.05, 0.1) is 6.61 Å². The number of rotatable bonds is 7. The van der Waals surface area contributed by atoms with E-state index >= 15 is 0 Å². The fourth-order valence-electron chi connectivity index (χ4n) is 2.10. The summed E-state index contributed by atoms with van der Waals surface area (Å²) in [5.41, 5.74) is 4.18. The van der Waals surface area contributed by atoms with Gasteiger partial charge in [0, 0.05) is 11.9 Å². The molecule has 7 heteroatoms. The van der Waals surface area contributed by atoms with E-state index in [4.69, 9.17) is 4.84 Å². The first-order valence-electron chi connectivity index (χ1n) is 7.37. The highest BCUT2D eigenvalue weighted by molar-refractivity contribution is 7.97. The minimum absolute atomic E-state index is 0. The molecule has 0 bridgehead atoms. The average Bonchev–Trinajstić information content (AvgIpc) is 2.49. The number of hydrogen-bond donors (Lipinski definition) is 1. The molecule has 0 saturated heterocycles. The standard InChI is InChI=1S/C16H23N3O2S.ClH/c1-18(2)10-6-7-11-21-17-16(20)14-12-13-8-4-5-9-15(13)22-19(14)3;/h4-5,8-9,12H,6-7,10-11H2,1-3H3,(H,17,20);1H. The Kier molecular flexibility index (Phi) is 8.47. The molecule has 1 aliphatic rings. The summed E-state index contributed by atoms with van der Waals surface area (Å²) < 4.78 is 1.85. The lowest BCUT2D eigenvalue weighted by Crippen LogP contribution is -2.31. The molecule has 0 fully saturated rings. The van der Waals surface area contributed by atoms with E-state index in [1.165, 1.54) is 0 Å². The van der Waals surface area contributed by atoms with Crippen LogP contribution in [0.5, 0.6) is 0 Å². The van der Waals surface area contributed by atoms with Gasteiger partial charge in [-0.05, 0) is 63.1 Å². The van der Waals surface area contributed by atoms with E-state index in [9.17, 15) is 4.79 Å². The van der Waals surface area contributed by atoms with E-state index < -0.39 is 0 Å². The second-order valence-corrected chi connectivity index (χ2v) is 6.62. The second-order valence-electron chi connectivity index (χ2n) is 5.45. The fourth-order valence-corrected chi connectivity index (χ4v) is 3.00.